The van der Waals surface area contributed by atoms with Gasteiger partial charge in [0.05, 0.1) is 11.5 Å². The largest absolute Gasteiger partial charge is 0.494 e. The monoisotopic (exact) mass is 430 g/mol. The number of benzene rings is 2. The smallest absolute Gasteiger partial charge is 0.255 e. The van der Waals surface area contributed by atoms with E-state index in [9.17, 15) is 13.2 Å². The molecule has 0 unspecified atom stereocenters. The predicted molar refractivity (Wildman–Crippen MR) is 115 cm³/mol. The maximum Gasteiger partial charge on any atom is 0.255 e. The number of nitrogens with one attached hydrogen (secondary N) is 2. The Morgan fingerprint density at radius 2 is 1.76 bits per heavy atom. The molecule has 3 aromatic rings. The van der Waals surface area contributed by atoms with Crippen molar-refractivity contribution in [3.63, 3.8) is 0 Å². The van der Waals surface area contributed by atoms with Crippen molar-refractivity contribution in [1.82, 2.24) is 4.72 Å². The number of rotatable bonds is 9. The van der Waals surface area contributed by atoms with Gasteiger partial charge in [0, 0.05) is 22.7 Å². The van der Waals surface area contributed by atoms with E-state index in [1.54, 1.807) is 35.6 Å². The quantitative estimate of drug-likeness (QED) is 0.539. The first kappa shape index (κ1) is 21.0. The van der Waals surface area contributed by atoms with Crippen LogP contribution in [0.15, 0.2) is 70.9 Å². The van der Waals surface area contributed by atoms with E-state index in [1.807, 2.05) is 24.4 Å². The Hall–Kier alpha value is -2.68. The summed E-state index contributed by atoms with van der Waals surface area (Å²) in [6.07, 6.45) is 0.638. The van der Waals surface area contributed by atoms with Gasteiger partial charge in [-0.1, -0.05) is 6.07 Å². The first-order valence-corrected chi connectivity index (χ1v) is 11.5. The average molecular weight is 431 g/mol. The van der Waals surface area contributed by atoms with Crippen molar-refractivity contribution in [3.8, 4) is 5.75 Å². The molecule has 0 spiro atoms. The van der Waals surface area contributed by atoms with E-state index >= 15 is 0 Å². The second kappa shape index (κ2) is 9.69. The van der Waals surface area contributed by atoms with Crippen molar-refractivity contribution >= 4 is 33.0 Å². The van der Waals surface area contributed by atoms with E-state index in [4.69, 9.17) is 4.74 Å². The van der Waals surface area contributed by atoms with Crippen LogP contribution < -0.4 is 14.8 Å². The first-order valence-electron chi connectivity index (χ1n) is 9.14. The van der Waals surface area contributed by atoms with Crippen LogP contribution in [-0.4, -0.2) is 27.5 Å². The van der Waals surface area contributed by atoms with Crippen LogP contribution in [0.5, 0.6) is 5.75 Å². The highest BCUT2D eigenvalue weighted by Gasteiger charge is 2.15. The highest BCUT2D eigenvalue weighted by Crippen LogP contribution is 2.17. The van der Waals surface area contributed by atoms with Gasteiger partial charge in [-0.25, -0.2) is 13.1 Å². The summed E-state index contributed by atoms with van der Waals surface area (Å²) in [7, 11) is -3.62. The number of amides is 1. The molecule has 0 fully saturated rings. The van der Waals surface area contributed by atoms with Crippen LogP contribution >= 0.6 is 11.3 Å². The molecule has 8 heteroatoms. The van der Waals surface area contributed by atoms with Gasteiger partial charge < -0.3 is 10.1 Å². The number of carbonyl (C=O) groups excluding carboxylic acids is 1. The third kappa shape index (κ3) is 5.90. The Balaban J connectivity index is 1.58. The fraction of sp³-hybridized carbons (Fsp3) is 0.190. The molecule has 0 aliphatic heterocycles. The zero-order chi connectivity index (χ0) is 20.7. The molecule has 2 N–H and O–H groups in total. The maximum atomic E-state index is 12.4. The summed E-state index contributed by atoms with van der Waals surface area (Å²) in [5.74, 6) is 0.412. The Morgan fingerprint density at radius 1 is 1.03 bits per heavy atom. The van der Waals surface area contributed by atoms with E-state index in [0.29, 0.717) is 30.8 Å². The second-order valence-electron chi connectivity index (χ2n) is 6.16. The number of hydrogen-bond donors (Lipinski definition) is 2. The van der Waals surface area contributed by atoms with Gasteiger partial charge in [-0.05, 0) is 73.3 Å². The Kier molecular flexibility index (Phi) is 7.03. The zero-order valence-electron chi connectivity index (χ0n) is 15.9. The molecule has 29 heavy (non-hydrogen) atoms. The van der Waals surface area contributed by atoms with Crippen molar-refractivity contribution in [2.75, 3.05) is 18.5 Å². The van der Waals surface area contributed by atoms with E-state index < -0.39 is 10.0 Å². The van der Waals surface area contributed by atoms with Crippen LogP contribution in [0.4, 0.5) is 5.69 Å². The minimum absolute atomic E-state index is 0.126. The molecule has 1 amide bonds. The molecule has 0 bridgehead atoms. The Bertz CT molecular complexity index is 1030. The molecule has 0 saturated heterocycles. The molecule has 0 aliphatic rings. The zero-order valence-corrected chi connectivity index (χ0v) is 17.6. The molecule has 152 valence electrons. The van der Waals surface area contributed by atoms with E-state index in [0.717, 1.165) is 10.6 Å². The predicted octanol–water partition coefficient (Wildman–Crippen LogP) is 3.92. The van der Waals surface area contributed by atoms with Crippen molar-refractivity contribution in [2.24, 2.45) is 0 Å². The lowest BCUT2D eigenvalue weighted by molar-refractivity contribution is 0.102. The standard InChI is InChI=1S/C21H22N2O4S2/c1-2-27-18-9-7-17(8-10-18)23-21(24)16-5-11-20(12-6-16)29(25,26)22-14-13-19-4-3-15-28-19/h3-12,15,22H,2,13-14H2,1H3,(H,23,24). The molecule has 2 aromatic carbocycles. The lowest BCUT2D eigenvalue weighted by Gasteiger charge is -2.09. The van der Waals surface area contributed by atoms with E-state index in [2.05, 4.69) is 10.0 Å². The van der Waals surface area contributed by atoms with Gasteiger partial charge in [-0.3, -0.25) is 4.79 Å². The van der Waals surface area contributed by atoms with Gasteiger partial charge in [0.25, 0.3) is 5.91 Å². The summed E-state index contributed by atoms with van der Waals surface area (Å²) in [4.78, 5) is 13.6. The number of carbonyl (C=O) groups is 1. The Morgan fingerprint density at radius 3 is 2.38 bits per heavy atom. The molecule has 0 saturated carbocycles. The third-order valence-electron chi connectivity index (χ3n) is 4.09. The second-order valence-corrected chi connectivity index (χ2v) is 8.96. The van der Waals surface area contributed by atoms with Crippen LogP contribution in [-0.2, 0) is 16.4 Å². The van der Waals surface area contributed by atoms with Gasteiger partial charge in [-0.15, -0.1) is 11.3 Å². The maximum absolute atomic E-state index is 12.4. The summed E-state index contributed by atoms with van der Waals surface area (Å²) in [6.45, 7) is 2.80. The highest BCUT2D eigenvalue weighted by molar-refractivity contribution is 7.89. The summed E-state index contributed by atoms with van der Waals surface area (Å²) in [6, 6.07) is 16.8. The van der Waals surface area contributed by atoms with E-state index in [-0.39, 0.29) is 10.8 Å². The minimum atomic E-state index is -3.62. The van der Waals surface area contributed by atoms with Gasteiger partial charge >= 0.3 is 0 Å². The fourth-order valence-corrected chi connectivity index (χ4v) is 4.38. The van der Waals surface area contributed by atoms with Crippen LogP contribution in [0.25, 0.3) is 0 Å². The van der Waals surface area contributed by atoms with Crippen LogP contribution in [0.2, 0.25) is 0 Å². The molecular weight excluding hydrogens is 408 g/mol. The molecule has 1 aromatic heterocycles. The average Bonchev–Trinajstić information content (AvgIpc) is 3.23. The summed E-state index contributed by atoms with van der Waals surface area (Å²) in [5, 5.41) is 4.74. The lowest BCUT2D eigenvalue weighted by Crippen LogP contribution is -2.26. The Labute approximate surface area is 174 Å². The summed E-state index contributed by atoms with van der Waals surface area (Å²) < 4.78 is 32.7. The van der Waals surface area contributed by atoms with Gasteiger partial charge in [-0.2, -0.15) is 0 Å². The van der Waals surface area contributed by atoms with Crippen molar-refractivity contribution in [2.45, 2.75) is 18.2 Å². The topological polar surface area (TPSA) is 84.5 Å². The molecule has 0 radical (unpaired) electrons. The van der Waals surface area contributed by atoms with Crippen molar-refractivity contribution in [3.05, 3.63) is 76.5 Å². The molecular formula is C21H22N2O4S2. The van der Waals surface area contributed by atoms with Gasteiger partial charge in [0.2, 0.25) is 10.0 Å². The fourth-order valence-electron chi connectivity index (χ4n) is 2.64. The minimum Gasteiger partial charge on any atom is -0.494 e. The van der Waals surface area contributed by atoms with E-state index in [1.165, 1.54) is 24.3 Å². The van der Waals surface area contributed by atoms with Crippen LogP contribution in [0, 0.1) is 0 Å². The molecule has 1 heterocycles. The van der Waals surface area contributed by atoms with Crippen LogP contribution in [0.1, 0.15) is 22.2 Å². The summed E-state index contributed by atoms with van der Waals surface area (Å²) >= 11 is 1.59. The number of ether oxygens (including phenoxy) is 1. The highest BCUT2D eigenvalue weighted by atomic mass is 32.2. The number of hydrogen-bond acceptors (Lipinski definition) is 5. The van der Waals surface area contributed by atoms with Gasteiger partial charge in [0.15, 0.2) is 0 Å². The first-order chi connectivity index (χ1) is 14.0. The molecule has 6 nitrogen and oxygen atoms in total. The molecule has 0 atom stereocenters. The number of thiophene rings is 1. The number of sulfonamides is 1. The summed E-state index contributed by atoms with van der Waals surface area (Å²) in [5.41, 5.74) is 1.00. The van der Waals surface area contributed by atoms with Crippen molar-refractivity contribution < 1.29 is 17.9 Å². The van der Waals surface area contributed by atoms with Gasteiger partial charge in [0.1, 0.15) is 5.75 Å². The normalized spacial score (nSPS) is 11.2. The number of anilines is 1. The molecule has 0 aliphatic carbocycles. The van der Waals surface area contributed by atoms with Crippen LogP contribution in [0.3, 0.4) is 0 Å². The SMILES string of the molecule is CCOc1ccc(NC(=O)c2ccc(S(=O)(=O)NCCc3cccs3)cc2)cc1. The third-order valence-corrected chi connectivity index (χ3v) is 6.51. The lowest BCUT2D eigenvalue weighted by atomic mass is 10.2. The van der Waals surface area contributed by atoms with Crippen molar-refractivity contribution in [1.29, 1.82) is 0 Å². The molecule has 3 rings (SSSR count).